The van der Waals surface area contributed by atoms with Gasteiger partial charge in [-0.1, -0.05) is 31.7 Å². The average molecular weight is 356 g/mol. The SMILES string of the molecule is CC(C)C(=O)N=C1S[C@@H]2CS(=O)(=O)C[C@H]2N1c1cccc(F)c1. The molecule has 124 valence electrons. The van der Waals surface area contributed by atoms with Crippen LogP contribution in [0.4, 0.5) is 10.1 Å². The first-order valence-corrected chi connectivity index (χ1v) is 10.0. The Hall–Kier alpha value is -1.41. The van der Waals surface area contributed by atoms with E-state index in [1.165, 1.54) is 23.9 Å². The Kier molecular flexibility index (Phi) is 4.22. The summed E-state index contributed by atoms with van der Waals surface area (Å²) in [4.78, 5) is 17.8. The lowest BCUT2D eigenvalue weighted by Gasteiger charge is -2.24. The van der Waals surface area contributed by atoms with Crippen molar-refractivity contribution >= 4 is 38.4 Å². The van der Waals surface area contributed by atoms with E-state index in [1.807, 2.05) is 0 Å². The van der Waals surface area contributed by atoms with Crippen molar-refractivity contribution < 1.29 is 17.6 Å². The van der Waals surface area contributed by atoms with Gasteiger partial charge in [0, 0.05) is 16.9 Å². The van der Waals surface area contributed by atoms with E-state index in [1.54, 1.807) is 30.9 Å². The van der Waals surface area contributed by atoms with Gasteiger partial charge in [0.25, 0.3) is 5.91 Å². The first kappa shape index (κ1) is 16.4. The number of hydrogen-bond donors (Lipinski definition) is 0. The standard InChI is InChI=1S/C15H17FN2O3S2/c1-9(2)14(19)17-15-18(11-5-3-4-10(16)6-11)12-7-23(20,21)8-13(12)22-15/h3-6,9,12-13H,7-8H2,1-2H3/t12-,13-/m1/s1. The number of carbonyl (C=O) groups is 1. The van der Waals surface area contributed by atoms with Crippen LogP contribution >= 0.6 is 11.8 Å². The first-order chi connectivity index (χ1) is 10.8. The van der Waals surface area contributed by atoms with Gasteiger partial charge < -0.3 is 4.90 Å². The van der Waals surface area contributed by atoms with Crippen molar-refractivity contribution in [1.82, 2.24) is 0 Å². The van der Waals surface area contributed by atoms with E-state index in [0.717, 1.165) is 0 Å². The number of fused-ring (bicyclic) bond motifs is 1. The Morgan fingerprint density at radius 3 is 2.78 bits per heavy atom. The molecule has 1 amide bonds. The molecule has 5 nitrogen and oxygen atoms in total. The van der Waals surface area contributed by atoms with Crippen LogP contribution in [-0.2, 0) is 14.6 Å². The maximum absolute atomic E-state index is 13.6. The number of amides is 1. The van der Waals surface area contributed by atoms with Gasteiger partial charge in [-0.15, -0.1) is 0 Å². The third kappa shape index (κ3) is 3.28. The molecule has 2 aliphatic rings. The van der Waals surface area contributed by atoms with Gasteiger partial charge >= 0.3 is 0 Å². The van der Waals surface area contributed by atoms with Crippen molar-refractivity contribution in [1.29, 1.82) is 0 Å². The molecule has 0 bridgehead atoms. The number of anilines is 1. The van der Waals surface area contributed by atoms with E-state index in [0.29, 0.717) is 10.9 Å². The van der Waals surface area contributed by atoms with Crippen molar-refractivity contribution in [3.63, 3.8) is 0 Å². The van der Waals surface area contributed by atoms with Crippen LogP contribution in [0, 0.1) is 11.7 Å². The van der Waals surface area contributed by atoms with Gasteiger partial charge in [-0.25, -0.2) is 12.8 Å². The topological polar surface area (TPSA) is 66.8 Å². The smallest absolute Gasteiger partial charge is 0.250 e. The number of thioether (sulfide) groups is 1. The lowest BCUT2D eigenvalue weighted by atomic mass is 10.2. The summed E-state index contributed by atoms with van der Waals surface area (Å²) in [6.07, 6.45) is 0. The fraction of sp³-hybridized carbons (Fsp3) is 0.467. The Morgan fingerprint density at radius 1 is 1.39 bits per heavy atom. The van der Waals surface area contributed by atoms with Crippen LogP contribution in [-0.4, -0.2) is 42.3 Å². The van der Waals surface area contributed by atoms with Gasteiger partial charge in [-0.3, -0.25) is 4.79 Å². The highest BCUT2D eigenvalue weighted by molar-refractivity contribution is 8.16. The predicted octanol–water partition coefficient (Wildman–Crippen LogP) is 2.08. The van der Waals surface area contributed by atoms with Crippen LogP contribution in [0.15, 0.2) is 29.3 Å². The van der Waals surface area contributed by atoms with Crippen LogP contribution < -0.4 is 4.90 Å². The van der Waals surface area contributed by atoms with E-state index < -0.39 is 15.7 Å². The Balaban J connectivity index is 2.02. The van der Waals surface area contributed by atoms with E-state index in [2.05, 4.69) is 4.99 Å². The summed E-state index contributed by atoms with van der Waals surface area (Å²) in [7, 11) is -3.12. The molecule has 8 heteroatoms. The van der Waals surface area contributed by atoms with Gasteiger partial charge in [0.15, 0.2) is 15.0 Å². The zero-order valence-corrected chi connectivity index (χ0v) is 14.4. The summed E-state index contributed by atoms with van der Waals surface area (Å²) >= 11 is 1.29. The average Bonchev–Trinajstić information content (AvgIpc) is 2.89. The number of sulfone groups is 1. The molecule has 1 aromatic carbocycles. The maximum Gasteiger partial charge on any atom is 0.250 e. The lowest BCUT2D eigenvalue weighted by molar-refractivity contribution is -0.120. The summed E-state index contributed by atoms with van der Waals surface area (Å²) in [6, 6.07) is 5.61. The second-order valence-corrected chi connectivity index (χ2v) is 9.40. The van der Waals surface area contributed by atoms with Gasteiger partial charge in [0.2, 0.25) is 0 Å². The summed E-state index contributed by atoms with van der Waals surface area (Å²) < 4.78 is 37.4. The summed E-state index contributed by atoms with van der Waals surface area (Å²) in [5, 5.41) is 0.279. The molecule has 23 heavy (non-hydrogen) atoms. The van der Waals surface area contributed by atoms with Gasteiger partial charge in [0.05, 0.1) is 17.5 Å². The van der Waals surface area contributed by atoms with Gasteiger partial charge in [0.1, 0.15) is 5.82 Å². The highest BCUT2D eigenvalue weighted by atomic mass is 32.2. The minimum absolute atomic E-state index is 0.00390. The number of rotatable bonds is 2. The molecule has 2 aliphatic heterocycles. The number of hydrogen-bond acceptors (Lipinski definition) is 4. The number of amidine groups is 1. The molecule has 2 saturated heterocycles. The normalized spacial score (nSPS) is 27.7. The number of carbonyl (C=O) groups excluding carboxylic acids is 1. The van der Waals surface area contributed by atoms with Crippen LogP contribution in [0.5, 0.6) is 0 Å². The Morgan fingerprint density at radius 2 is 2.13 bits per heavy atom. The number of halogens is 1. The van der Waals surface area contributed by atoms with E-state index in [-0.39, 0.29) is 34.6 Å². The van der Waals surface area contributed by atoms with Crippen LogP contribution in [0.1, 0.15) is 13.8 Å². The van der Waals surface area contributed by atoms with E-state index >= 15 is 0 Å². The summed E-state index contributed by atoms with van der Waals surface area (Å²) in [6.45, 7) is 3.51. The molecular weight excluding hydrogens is 339 g/mol. The van der Waals surface area contributed by atoms with Gasteiger partial charge in [-0.2, -0.15) is 4.99 Å². The molecule has 2 heterocycles. The Labute approximate surface area is 138 Å². The van der Waals surface area contributed by atoms with Crippen LogP contribution in [0.25, 0.3) is 0 Å². The zero-order valence-electron chi connectivity index (χ0n) is 12.8. The molecule has 0 radical (unpaired) electrons. The molecule has 2 fully saturated rings. The Bertz CT molecular complexity index is 777. The van der Waals surface area contributed by atoms with Crippen molar-refractivity contribution in [2.75, 3.05) is 16.4 Å². The molecule has 1 aromatic rings. The zero-order chi connectivity index (χ0) is 16.8. The third-order valence-electron chi connectivity index (χ3n) is 3.85. The molecule has 0 N–H and O–H groups in total. The number of aliphatic imine (C=N–C) groups is 1. The van der Waals surface area contributed by atoms with Gasteiger partial charge in [-0.05, 0) is 18.2 Å². The van der Waals surface area contributed by atoms with Crippen LogP contribution in [0.2, 0.25) is 0 Å². The van der Waals surface area contributed by atoms with Crippen molar-refractivity contribution in [2.45, 2.75) is 25.1 Å². The summed E-state index contributed by atoms with van der Waals surface area (Å²) in [5.74, 6) is -0.872. The molecule has 0 spiro atoms. The molecule has 0 saturated carbocycles. The minimum Gasteiger partial charge on any atom is -0.315 e. The molecule has 2 atom stereocenters. The summed E-state index contributed by atoms with van der Waals surface area (Å²) in [5.41, 5.74) is 0.525. The number of nitrogens with zero attached hydrogens (tertiary/aromatic N) is 2. The first-order valence-electron chi connectivity index (χ1n) is 7.31. The number of benzene rings is 1. The molecular formula is C15H17FN2O3S2. The molecule has 0 aliphatic carbocycles. The minimum atomic E-state index is -3.12. The molecule has 3 rings (SSSR count). The van der Waals surface area contributed by atoms with Crippen molar-refractivity contribution in [2.24, 2.45) is 10.9 Å². The quantitative estimate of drug-likeness (QED) is 0.812. The second kappa shape index (κ2) is 5.90. The fourth-order valence-electron chi connectivity index (χ4n) is 2.72. The third-order valence-corrected chi connectivity index (χ3v) is 7.06. The van der Waals surface area contributed by atoms with Crippen LogP contribution in [0.3, 0.4) is 0 Å². The van der Waals surface area contributed by atoms with Crippen molar-refractivity contribution in [3.05, 3.63) is 30.1 Å². The highest BCUT2D eigenvalue weighted by Crippen LogP contribution is 2.41. The molecule has 0 aromatic heterocycles. The van der Waals surface area contributed by atoms with Crippen molar-refractivity contribution in [3.8, 4) is 0 Å². The maximum atomic E-state index is 13.6. The fourth-order valence-corrected chi connectivity index (χ4v) is 6.64. The van der Waals surface area contributed by atoms with E-state index in [9.17, 15) is 17.6 Å². The second-order valence-electron chi connectivity index (χ2n) is 6.04. The van der Waals surface area contributed by atoms with E-state index in [4.69, 9.17) is 0 Å². The highest BCUT2D eigenvalue weighted by Gasteiger charge is 2.49. The largest absolute Gasteiger partial charge is 0.315 e. The monoisotopic (exact) mass is 356 g/mol. The predicted molar refractivity (Wildman–Crippen MR) is 90.0 cm³/mol. The lowest BCUT2D eigenvalue weighted by Crippen LogP contribution is -2.37. The molecule has 0 unspecified atom stereocenters.